The fraction of sp³-hybridized carbons (Fsp3) is 0.300. The first-order valence-corrected chi connectivity index (χ1v) is 7.99. The standard InChI is InChI=1S/C20H20O2/c1-4-12-11-17-18(14(6-3)13(12)5-2)20(22)16-10-8-7-9-15(16)19(17)21/h7-11H,4-6H2,1-3H3. The molecular weight excluding hydrogens is 272 g/mol. The van der Waals surface area contributed by atoms with Crippen LogP contribution in [-0.4, -0.2) is 11.6 Å². The zero-order valence-electron chi connectivity index (χ0n) is 13.3. The summed E-state index contributed by atoms with van der Waals surface area (Å²) < 4.78 is 0. The van der Waals surface area contributed by atoms with Gasteiger partial charge in [0.15, 0.2) is 11.6 Å². The van der Waals surface area contributed by atoms with Crippen LogP contribution < -0.4 is 0 Å². The van der Waals surface area contributed by atoms with Crippen molar-refractivity contribution < 1.29 is 9.59 Å². The van der Waals surface area contributed by atoms with Crippen molar-refractivity contribution in [3.05, 3.63) is 69.3 Å². The van der Waals surface area contributed by atoms with Crippen molar-refractivity contribution in [2.45, 2.75) is 40.0 Å². The summed E-state index contributed by atoms with van der Waals surface area (Å²) in [7, 11) is 0. The molecule has 0 spiro atoms. The van der Waals surface area contributed by atoms with Crippen LogP contribution in [0.5, 0.6) is 0 Å². The Morgan fingerprint density at radius 1 is 0.727 bits per heavy atom. The van der Waals surface area contributed by atoms with Gasteiger partial charge in [0.1, 0.15) is 0 Å². The van der Waals surface area contributed by atoms with Crippen LogP contribution >= 0.6 is 0 Å². The van der Waals surface area contributed by atoms with E-state index in [0.29, 0.717) is 22.3 Å². The Labute approximate surface area is 131 Å². The van der Waals surface area contributed by atoms with Gasteiger partial charge in [0, 0.05) is 22.3 Å². The molecule has 2 nitrogen and oxygen atoms in total. The molecule has 0 unspecified atom stereocenters. The quantitative estimate of drug-likeness (QED) is 0.726. The SMILES string of the molecule is CCc1cc2c(c(CC)c1CC)C(=O)c1ccccc1C2=O. The highest BCUT2D eigenvalue weighted by Crippen LogP contribution is 2.33. The van der Waals surface area contributed by atoms with Gasteiger partial charge in [0.05, 0.1) is 0 Å². The van der Waals surface area contributed by atoms with Crippen molar-refractivity contribution in [3.8, 4) is 0 Å². The molecule has 0 N–H and O–H groups in total. The van der Waals surface area contributed by atoms with E-state index in [0.717, 1.165) is 24.8 Å². The molecule has 2 aromatic rings. The molecule has 112 valence electrons. The third kappa shape index (κ3) is 1.94. The van der Waals surface area contributed by atoms with Gasteiger partial charge in [-0.1, -0.05) is 45.0 Å². The van der Waals surface area contributed by atoms with Crippen LogP contribution in [0.1, 0.15) is 69.3 Å². The molecule has 2 aromatic carbocycles. The summed E-state index contributed by atoms with van der Waals surface area (Å²) >= 11 is 0. The Hall–Kier alpha value is -2.22. The van der Waals surface area contributed by atoms with Crippen molar-refractivity contribution in [2.75, 3.05) is 0 Å². The number of hydrogen-bond donors (Lipinski definition) is 0. The number of aryl methyl sites for hydroxylation is 1. The summed E-state index contributed by atoms with van der Waals surface area (Å²) in [5.74, 6) is -0.0170. The molecule has 0 amide bonds. The van der Waals surface area contributed by atoms with E-state index in [9.17, 15) is 9.59 Å². The fourth-order valence-corrected chi connectivity index (χ4v) is 3.58. The van der Waals surface area contributed by atoms with E-state index < -0.39 is 0 Å². The molecule has 0 radical (unpaired) electrons. The number of ketones is 2. The molecule has 0 saturated heterocycles. The Morgan fingerprint density at radius 2 is 1.32 bits per heavy atom. The molecular formula is C20H20O2. The van der Waals surface area contributed by atoms with E-state index in [4.69, 9.17) is 0 Å². The molecule has 0 heterocycles. The zero-order valence-corrected chi connectivity index (χ0v) is 13.3. The number of benzene rings is 2. The molecule has 22 heavy (non-hydrogen) atoms. The highest BCUT2D eigenvalue weighted by atomic mass is 16.1. The van der Waals surface area contributed by atoms with Gasteiger partial charge in [-0.05, 0) is 42.0 Å². The van der Waals surface area contributed by atoms with Gasteiger partial charge in [0.2, 0.25) is 0 Å². The monoisotopic (exact) mass is 292 g/mol. The molecule has 0 fully saturated rings. The van der Waals surface area contributed by atoms with Gasteiger partial charge >= 0.3 is 0 Å². The third-order valence-electron chi connectivity index (χ3n) is 4.62. The summed E-state index contributed by atoms with van der Waals surface area (Å²) in [4.78, 5) is 25.8. The topological polar surface area (TPSA) is 34.1 Å². The smallest absolute Gasteiger partial charge is 0.194 e. The third-order valence-corrected chi connectivity index (χ3v) is 4.62. The molecule has 1 aliphatic rings. The van der Waals surface area contributed by atoms with Crippen LogP contribution in [0.15, 0.2) is 30.3 Å². The van der Waals surface area contributed by atoms with E-state index in [-0.39, 0.29) is 11.6 Å². The van der Waals surface area contributed by atoms with E-state index in [1.165, 1.54) is 11.1 Å². The lowest BCUT2D eigenvalue weighted by molar-refractivity contribution is 0.0978. The van der Waals surface area contributed by atoms with Crippen molar-refractivity contribution in [1.29, 1.82) is 0 Å². The zero-order chi connectivity index (χ0) is 15.9. The number of rotatable bonds is 3. The molecule has 0 saturated carbocycles. The minimum Gasteiger partial charge on any atom is -0.289 e. The van der Waals surface area contributed by atoms with Crippen molar-refractivity contribution in [2.24, 2.45) is 0 Å². The molecule has 3 rings (SSSR count). The predicted octanol–water partition coefficient (Wildman–Crippen LogP) is 4.15. The number of carbonyl (C=O) groups is 2. The van der Waals surface area contributed by atoms with Gasteiger partial charge in [0.25, 0.3) is 0 Å². The normalized spacial score (nSPS) is 13.0. The molecule has 2 heteroatoms. The summed E-state index contributed by atoms with van der Waals surface area (Å²) in [6, 6.07) is 9.10. The van der Waals surface area contributed by atoms with E-state index in [1.807, 2.05) is 18.2 Å². The van der Waals surface area contributed by atoms with Crippen LogP contribution in [-0.2, 0) is 19.3 Å². The Balaban J connectivity index is 2.37. The van der Waals surface area contributed by atoms with Gasteiger partial charge in [-0.3, -0.25) is 9.59 Å². The predicted molar refractivity (Wildman–Crippen MR) is 87.9 cm³/mol. The van der Waals surface area contributed by atoms with Crippen LogP contribution in [0.2, 0.25) is 0 Å². The van der Waals surface area contributed by atoms with Crippen LogP contribution in [0, 0.1) is 0 Å². The lowest BCUT2D eigenvalue weighted by Gasteiger charge is -2.24. The van der Waals surface area contributed by atoms with Crippen molar-refractivity contribution in [3.63, 3.8) is 0 Å². The van der Waals surface area contributed by atoms with Gasteiger partial charge < -0.3 is 0 Å². The maximum absolute atomic E-state index is 12.9. The number of fused-ring (bicyclic) bond motifs is 2. The first-order chi connectivity index (χ1) is 10.6. The van der Waals surface area contributed by atoms with Crippen LogP contribution in [0.4, 0.5) is 0 Å². The van der Waals surface area contributed by atoms with Crippen molar-refractivity contribution in [1.82, 2.24) is 0 Å². The second kappa shape index (κ2) is 5.53. The van der Waals surface area contributed by atoms with Crippen molar-refractivity contribution >= 4 is 11.6 Å². The molecule has 0 atom stereocenters. The lowest BCUT2D eigenvalue weighted by Crippen LogP contribution is -2.24. The average Bonchev–Trinajstić information content (AvgIpc) is 2.57. The van der Waals surface area contributed by atoms with Crippen LogP contribution in [0.3, 0.4) is 0 Å². The molecule has 0 aliphatic heterocycles. The Bertz CT molecular complexity index is 785. The minimum absolute atomic E-state index is 0.000553. The van der Waals surface area contributed by atoms with Gasteiger partial charge in [-0.2, -0.15) is 0 Å². The second-order valence-electron chi connectivity index (χ2n) is 5.68. The summed E-state index contributed by atoms with van der Waals surface area (Å²) in [6.07, 6.45) is 2.55. The highest BCUT2D eigenvalue weighted by molar-refractivity contribution is 6.29. The average molecular weight is 292 g/mol. The first-order valence-electron chi connectivity index (χ1n) is 7.99. The lowest BCUT2D eigenvalue weighted by atomic mass is 9.77. The summed E-state index contributed by atoms with van der Waals surface area (Å²) in [5.41, 5.74) is 5.80. The Kier molecular flexibility index (Phi) is 3.69. The summed E-state index contributed by atoms with van der Waals surface area (Å²) in [5, 5.41) is 0. The largest absolute Gasteiger partial charge is 0.289 e. The van der Waals surface area contributed by atoms with Gasteiger partial charge in [-0.25, -0.2) is 0 Å². The second-order valence-corrected chi connectivity index (χ2v) is 5.68. The maximum atomic E-state index is 12.9. The fourth-order valence-electron chi connectivity index (χ4n) is 3.58. The highest BCUT2D eigenvalue weighted by Gasteiger charge is 2.32. The van der Waals surface area contributed by atoms with E-state index in [1.54, 1.807) is 12.1 Å². The maximum Gasteiger partial charge on any atom is 0.194 e. The van der Waals surface area contributed by atoms with E-state index in [2.05, 4.69) is 20.8 Å². The molecule has 0 bridgehead atoms. The van der Waals surface area contributed by atoms with E-state index >= 15 is 0 Å². The number of carbonyl (C=O) groups excluding carboxylic acids is 2. The van der Waals surface area contributed by atoms with Gasteiger partial charge in [-0.15, -0.1) is 0 Å². The van der Waals surface area contributed by atoms with Crippen LogP contribution in [0.25, 0.3) is 0 Å². The molecule has 1 aliphatic carbocycles. The Morgan fingerprint density at radius 3 is 1.86 bits per heavy atom. The first kappa shape index (κ1) is 14.7. The minimum atomic E-state index is -0.0164. The molecule has 0 aromatic heterocycles. The number of hydrogen-bond acceptors (Lipinski definition) is 2. The summed E-state index contributed by atoms with van der Waals surface area (Å²) in [6.45, 7) is 6.28.